The minimum absolute atomic E-state index is 0.192. The molecule has 6 nitrogen and oxygen atoms in total. The van der Waals surface area contributed by atoms with E-state index < -0.39 is 0 Å². The van der Waals surface area contributed by atoms with E-state index in [1.807, 2.05) is 17.0 Å². The molecule has 0 saturated carbocycles. The van der Waals surface area contributed by atoms with Gasteiger partial charge in [0.2, 0.25) is 0 Å². The van der Waals surface area contributed by atoms with E-state index in [9.17, 15) is 13.6 Å². The Morgan fingerprint density at radius 3 is 2.26 bits per heavy atom. The van der Waals surface area contributed by atoms with E-state index in [1.54, 1.807) is 39.7 Å². The molecule has 1 saturated heterocycles. The second-order valence-corrected chi connectivity index (χ2v) is 9.81. The molecule has 0 radical (unpaired) electrons. The molecule has 4 aromatic rings. The molecule has 0 aliphatic carbocycles. The van der Waals surface area contributed by atoms with Gasteiger partial charge in [-0.25, -0.2) is 18.3 Å². The molecule has 1 fully saturated rings. The summed E-state index contributed by atoms with van der Waals surface area (Å²) < 4.78 is 29.5. The van der Waals surface area contributed by atoms with Crippen molar-refractivity contribution in [1.29, 1.82) is 0 Å². The minimum atomic E-state index is -0.334. The second-order valence-electron chi connectivity index (χ2n) is 9.81. The number of hydrogen-bond acceptors (Lipinski definition) is 4. The van der Waals surface area contributed by atoms with Gasteiger partial charge in [0.05, 0.1) is 17.1 Å². The van der Waals surface area contributed by atoms with Crippen LogP contribution in [0.4, 0.5) is 14.5 Å². The van der Waals surface area contributed by atoms with Crippen LogP contribution >= 0.6 is 0 Å². The quantitative estimate of drug-likeness (QED) is 0.422. The van der Waals surface area contributed by atoms with E-state index in [0.29, 0.717) is 48.9 Å². The minimum Gasteiger partial charge on any atom is -0.366 e. The summed E-state index contributed by atoms with van der Waals surface area (Å²) in [6.07, 6.45) is 0. The Labute approximate surface area is 202 Å². The van der Waals surface area contributed by atoms with Gasteiger partial charge in [0.15, 0.2) is 5.65 Å². The zero-order valence-corrected chi connectivity index (χ0v) is 20.0. The fraction of sp³-hybridized carbons (Fsp3) is 0.296. The summed E-state index contributed by atoms with van der Waals surface area (Å²) in [4.78, 5) is 21.8. The third-order valence-corrected chi connectivity index (χ3v) is 6.31. The van der Waals surface area contributed by atoms with Crippen molar-refractivity contribution in [3.05, 3.63) is 83.7 Å². The summed E-state index contributed by atoms with van der Waals surface area (Å²) in [6, 6.07) is 16.4. The molecule has 180 valence electrons. The smallest absolute Gasteiger partial charge is 0.272 e. The first-order valence-corrected chi connectivity index (χ1v) is 11.7. The van der Waals surface area contributed by atoms with Crippen molar-refractivity contribution in [3.63, 3.8) is 0 Å². The monoisotopic (exact) mass is 475 g/mol. The van der Waals surface area contributed by atoms with E-state index >= 15 is 0 Å². The summed E-state index contributed by atoms with van der Waals surface area (Å²) in [5, 5.41) is 4.74. The van der Waals surface area contributed by atoms with Gasteiger partial charge in [0, 0.05) is 43.2 Å². The molecule has 0 unspecified atom stereocenters. The predicted molar refractivity (Wildman–Crippen MR) is 132 cm³/mol. The molecule has 1 aliphatic rings. The van der Waals surface area contributed by atoms with E-state index in [4.69, 9.17) is 5.10 Å². The summed E-state index contributed by atoms with van der Waals surface area (Å²) >= 11 is 0. The maximum Gasteiger partial charge on any atom is 0.272 e. The number of fused-ring (bicyclic) bond motifs is 1. The summed E-state index contributed by atoms with van der Waals surface area (Å²) in [6.45, 7) is 8.16. The first kappa shape index (κ1) is 23.0. The lowest BCUT2D eigenvalue weighted by atomic mass is 9.93. The Kier molecular flexibility index (Phi) is 5.75. The van der Waals surface area contributed by atoms with Gasteiger partial charge < -0.3 is 9.80 Å². The number of para-hydroxylation sites is 1. The number of nitrogens with zero attached hydrogens (tertiary/aromatic N) is 5. The van der Waals surface area contributed by atoms with Gasteiger partial charge in [-0.1, -0.05) is 32.9 Å². The number of halogens is 2. The van der Waals surface area contributed by atoms with Crippen molar-refractivity contribution in [2.45, 2.75) is 26.2 Å². The second kappa shape index (κ2) is 8.76. The fourth-order valence-corrected chi connectivity index (χ4v) is 4.30. The van der Waals surface area contributed by atoms with E-state index in [0.717, 1.165) is 11.3 Å². The highest BCUT2D eigenvalue weighted by atomic mass is 19.1. The number of hydrogen-bond donors (Lipinski definition) is 0. The van der Waals surface area contributed by atoms with Crippen LogP contribution in [-0.4, -0.2) is 51.6 Å². The molecule has 2 aromatic carbocycles. The van der Waals surface area contributed by atoms with Crippen molar-refractivity contribution in [1.82, 2.24) is 19.5 Å². The van der Waals surface area contributed by atoms with E-state index in [2.05, 4.69) is 25.8 Å². The van der Waals surface area contributed by atoms with Crippen LogP contribution in [0.15, 0.2) is 60.7 Å². The maximum atomic E-state index is 14.2. The molecule has 2 aromatic heterocycles. The first-order valence-electron chi connectivity index (χ1n) is 11.7. The number of piperazine rings is 1. The van der Waals surface area contributed by atoms with Crippen molar-refractivity contribution < 1.29 is 13.6 Å². The molecule has 5 rings (SSSR count). The number of rotatable bonds is 3. The number of amides is 1. The summed E-state index contributed by atoms with van der Waals surface area (Å²) in [5.74, 6) is -0.791. The lowest BCUT2D eigenvalue weighted by molar-refractivity contribution is 0.0741. The van der Waals surface area contributed by atoms with E-state index in [1.165, 1.54) is 18.2 Å². The highest BCUT2D eigenvalue weighted by Gasteiger charge is 2.26. The molecule has 35 heavy (non-hydrogen) atoms. The summed E-state index contributed by atoms with van der Waals surface area (Å²) in [5.41, 5.74) is 3.45. The molecule has 0 N–H and O–H groups in total. The Morgan fingerprint density at radius 2 is 1.60 bits per heavy atom. The third-order valence-electron chi connectivity index (χ3n) is 6.31. The Morgan fingerprint density at radius 1 is 0.914 bits per heavy atom. The van der Waals surface area contributed by atoms with Gasteiger partial charge in [0.1, 0.15) is 17.3 Å². The topological polar surface area (TPSA) is 53.7 Å². The molecular weight excluding hydrogens is 448 g/mol. The third kappa shape index (κ3) is 4.48. The normalized spacial score (nSPS) is 14.5. The molecule has 1 amide bonds. The zero-order valence-electron chi connectivity index (χ0n) is 20.0. The lowest BCUT2D eigenvalue weighted by Gasteiger charge is -2.36. The van der Waals surface area contributed by atoms with Gasteiger partial charge in [0.25, 0.3) is 5.91 Å². The number of aromatic nitrogens is 3. The predicted octanol–water partition coefficient (Wildman–Crippen LogP) is 4.93. The number of benzene rings is 2. The molecule has 0 spiro atoms. The molecule has 0 bridgehead atoms. The van der Waals surface area contributed by atoms with Crippen LogP contribution in [0.2, 0.25) is 0 Å². The summed E-state index contributed by atoms with van der Waals surface area (Å²) in [7, 11) is 0. The van der Waals surface area contributed by atoms with Crippen molar-refractivity contribution in [2.75, 3.05) is 31.1 Å². The van der Waals surface area contributed by atoms with Crippen molar-refractivity contribution >= 4 is 17.2 Å². The zero-order chi connectivity index (χ0) is 24.7. The highest BCUT2D eigenvalue weighted by molar-refractivity contribution is 5.94. The SMILES string of the molecule is CC(C)(C)c1cc2nc(C(=O)N3CCN(c4ccccc4F)CC3)cc(-c3ccc(F)cc3)n2n1. The van der Waals surface area contributed by atoms with Crippen molar-refractivity contribution in [2.24, 2.45) is 0 Å². The van der Waals surface area contributed by atoms with Crippen LogP contribution in [0.3, 0.4) is 0 Å². The lowest BCUT2D eigenvalue weighted by Crippen LogP contribution is -2.49. The van der Waals surface area contributed by atoms with E-state index in [-0.39, 0.29) is 23.0 Å². The van der Waals surface area contributed by atoms with Gasteiger partial charge in [-0.3, -0.25) is 4.79 Å². The van der Waals surface area contributed by atoms with Crippen molar-refractivity contribution in [3.8, 4) is 11.3 Å². The molecule has 0 atom stereocenters. The van der Waals surface area contributed by atoms with Crippen LogP contribution in [0.25, 0.3) is 16.9 Å². The van der Waals surface area contributed by atoms with Crippen LogP contribution < -0.4 is 4.90 Å². The molecule has 1 aliphatic heterocycles. The van der Waals surface area contributed by atoms with Gasteiger partial charge in [-0.15, -0.1) is 0 Å². The fourth-order valence-electron chi connectivity index (χ4n) is 4.30. The molecule has 3 heterocycles. The Balaban J connectivity index is 1.47. The first-order chi connectivity index (χ1) is 16.7. The van der Waals surface area contributed by atoms with Crippen LogP contribution in [-0.2, 0) is 5.41 Å². The number of carbonyl (C=O) groups excluding carboxylic acids is 1. The standard InChI is InChI=1S/C27H27F2N5O/c1-27(2,3)24-17-25-30-21(16-23(34(25)31-24)18-8-10-19(28)11-9-18)26(35)33-14-12-32(13-15-33)22-7-5-4-6-20(22)29/h4-11,16-17H,12-15H2,1-3H3. The maximum absolute atomic E-state index is 14.2. The van der Waals surface area contributed by atoms with Gasteiger partial charge >= 0.3 is 0 Å². The largest absolute Gasteiger partial charge is 0.366 e. The number of carbonyl (C=O) groups is 1. The highest BCUT2D eigenvalue weighted by Crippen LogP contribution is 2.27. The van der Waals surface area contributed by atoms with Crippen LogP contribution in [0.5, 0.6) is 0 Å². The Hall–Kier alpha value is -3.81. The average molecular weight is 476 g/mol. The average Bonchev–Trinajstić information content (AvgIpc) is 3.29. The van der Waals surface area contributed by atoms with Crippen LogP contribution in [0, 0.1) is 11.6 Å². The Bertz CT molecular complexity index is 1380. The van der Waals surface area contributed by atoms with Gasteiger partial charge in [-0.05, 0) is 42.5 Å². The van der Waals surface area contributed by atoms with Gasteiger partial charge in [-0.2, -0.15) is 5.10 Å². The molecule has 8 heteroatoms. The number of anilines is 1. The van der Waals surface area contributed by atoms with Crippen LogP contribution in [0.1, 0.15) is 37.0 Å². The molecular formula is C27H27F2N5O.